The maximum atomic E-state index is 12.8. The van der Waals surface area contributed by atoms with Crippen LogP contribution in [0.4, 0.5) is 11.4 Å². The van der Waals surface area contributed by atoms with Crippen molar-refractivity contribution in [3.8, 4) is 11.5 Å². The average molecular weight is 354 g/mol. The van der Waals surface area contributed by atoms with Gasteiger partial charge in [-0.25, -0.2) is 4.90 Å². The second-order valence-corrected chi connectivity index (χ2v) is 6.30. The van der Waals surface area contributed by atoms with Gasteiger partial charge in [-0.3, -0.25) is 9.59 Å². The number of hydrogen-bond donors (Lipinski definition) is 1. The number of ether oxygens (including phenoxy) is 2. The number of amides is 2. The molecule has 0 unspecified atom stereocenters. The molecular weight excluding hydrogens is 332 g/mol. The van der Waals surface area contributed by atoms with Crippen molar-refractivity contribution in [2.45, 2.75) is 26.3 Å². The third-order valence-electron chi connectivity index (χ3n) is 4.63. The quantitative estimate of drug-likeness (QED) is 0.836. The molecule has 0 spiro atoms. The molecule has 1 aliphatic rings. The van der Waals surface area contributed by atoms with Crippen molar-refractivity contribution in [1.82, 2.24) is 0 Å². The lowest BCUT2D eigenvalue weighted by atomic mass is 10.1. The number of nitrogens with one attached hydrogen (secondary N) is 1. The van der Waals surface area contributed by atoms with Crippen LogP contribution in [0.15, 0.2) is 36.4 Å². The Kier molecular flexibility index (Phi) is 4.84. The molecule has 6 heteroatoms. The lowest BCUT2D eigenvalue weighted by Crippen LogP contribution is -2.34. The predicted octanol–water partition coefficient (Wildman–Crippen LogP) is 3.06. The van der Waals surface area contributed by atoms with Crippen LogP contribution < -0.4 is 19.7 Å². The van der Waals surface area contributed by atoms with Gasteiger partial charge in [-0.15, -0.1) is 0 Å². The Morgan fingerprint density at radius 3 is 2.42 bits per heavy atom. The molecule has 6 nitrogen and oxygen atoms in total. The molecule has 1 fully saturated rings. The van der Waals surface area contributed by atoms with Crippen LogP contribution in [0.25, 0.3) is 0 Å². The van der Waals surface area contributed by atoms with Crippen molar-refractivity contribution >= 4 is 23.2 Å². The average Bonchev–Trinajstić information content (AvgIpc) is 2.91. The molecule has 2 aromatic rings. The van der Waals surface area contributed by atoms with E-state index in [0.717, 1.165) is 11.1 Å². The zero-order chi connectivity index (χ0) is 18.8. The minimum Gasteiger partial charge on any atom is -0.497 e. The summed E-state index contributed by atoms with van der Waals surface area (Å²) in [6, 6.07) is 10.2. The fourth-order valence-electron chi connectivity index (χ4n) is 2.99. The van der Waals surface area contributed by atoms with Crippen LogP contribution in [0, 0.1) is 13.8 Å². The van der Waals surface area contributed by atoms with Gasteiger partial charge in [0.2, 0.25) is 5.91 Å². The zero-order valence-corrected chi connectivity index (χ0v) is 15.3. The van der Waals surface area contributed by atoms with Crippen LogP contribution in [-0.4, -0.2) is 32.1 Å². The van der Waals surface area contributed by atoms with Gasteiger partial charge in [-0.05, 0) is 49.2 Å². The fraction of sp³-hybridized carbons (Fsp3) is 0.300. The number of carbonyl (C=O) groups is 2. The molecule has 1 saturated heterocycles. The Bertz CT molecular complexity index is 863. The molecule has 136 valence electrons. The van der Waals surface area contributed by atoms with E-state index in [1.54, 1.807) is 38.5 Å². The van der Waals surface area contributed by atoms with E-state index < -0.39 is 6.04 Å². The monoisotopic (exact) mass is 354 g/mol. The van der Waals surface area contributed by atoms with Crippen molar-refractivity contribution in [3.63, 3.8) is 0 Å². The number of hydrogen-bond acceptors (Lipinski definition) is 5. The molecule has 0 aliphatic carbocycles. The smallest absolute Gasteiger partial charge is 0.256 e. The van der Waals surface area contributed by atoms with E-state index in [1.807, 2.05) is 26.0 Å². The van der Waals surface area contributed by atoms with Gasteiger partial charge >= 0.3 is 0 Å². The first kappa shape index (κ1) is 17.8. The van der Waals surface area contributed by atoms with Crippen molar-refractivity contribution in [2.75, 3.05) is 24.4 Å². The maximum Gasteiger partial charge on any atom is 0.256 e. The number of imide groups is 1. The maximum absolute atomic E-state index is 12.8. The van der Waals surface area contributed by atoms with E-state index in [9.17, 15) is 9.59 Å². The number of carbonyl (C=O) groups excluding carboxylic acids is 2. The normalized spacial score (nSPS) is 16.8. The summed E-state index contributed by atoms with van der Waals surface area (Å²) in [5.74, 6) is 0.714. The van der Waals surface area contributed by atoms with E-state index in [0.29, 0.717) is 22.9 Å². The van der Waals surface area contributed by atoms with E-state index in [1.165, 1.54) is 4.90 Å². The second kappa shape index (κ2) is 7.07. The molecule has 0 saturated carbocycles. The van der Waals surface area contributed by atoms with Gasteiger partial charge in [0, 0.05) is 6.07 Å². The minimum atomic E-state index is -0.633. The van der Waals surface area contributed by atoms with Crippen LogP contribution in [0.5, 0.6) is 11.5 Å². The molecule has 1 atom stereocenters. The molecule has 0 bridgehead atoms. The molecule has 2 aromatic carbocycles. The van der Waals surface area contributed by atoms with Gasteiger partial charge in [-0.1, -0.05) is 6.07 Å². The number of rotatable bonds is 5. The summed E-state index contributed by atoms with van der Waals surface area (Å²) >= 11 is 0. The van der Waals surface area contributed by atoms with Gasteiger partial charge in [0.25, 0.3) is 5.91 Å². The van der Waals surface area contributed by atoms with Crippen LogP contribution in [0.2, 0.25) is 0 Å². The largest absolute Gasteiger partial charge is 0.497 e. The summed E-state index contributed by atoms with van der Waals surface area (Å²) in [5.41, 5.74) is 3.40. The van der Waals surface area contributed by atoms with Crippen LogP contribution in [0.3, 0.4) is 0 Å². The Balaban J connectivity index is 1.84. The highest BCUT2D eigenvalue weighted by molar-refractivity contribution is 6.23. The summed E-state index contributed by atoms with van der Waals surface area (Å²) in [4.78, 5) is 26.5. The Morgan fingerprint density at radius 2 is 1.77 bits per heavy atom. The molecular formula is C20H22N2O4. The molecule has 26 heavy (non-hydrogen) atoms. The van der Waals surface area contributed by atoms with Gasteiger partial charge in [0.1, 0.15) is 17.5 Å². The Morgan fingerprint density at radius 1 is 1.00 bits per heavy atom. The molecule has 1 aliphatic heterocycles. The van der Waals surface area contributed by atoms with E-state index in [2.05, 4.69) is 5.32 Å². The van der Waals surface area contributed by atoms with E-state index in [-0.39, 0.29) is 18.2 Å². The first-order valence-corrected chi connectivity index (χ1v) is 8.37. The van der Waals surface area contributed by atoms with Gasteiger partial charge in [0.15, 0.2) is 0 Å². The molecule has 0 radical (unpaired) electrons. The summed E-state index contributed by atoms with van der Waals surface area (Å²) in [5, 5.41) is 3.13. The topological polar surface area (TPSA) is 67.9 Å². The second-order valence-electron chi connectivity index (χ2n) is 6.30. The van der Waals surface area contributed by atoms with Crippen molar-refractivity contribution < 1.29 is 19.1 Å². The molecule has 0 aromatic heterocycles. The SMILES string of the molecule is COc1ccc(N[C@@H]2CC(=O)N(c3ccc(C)c(C)c3)C2=O)c(OC)c1. The van der Waals surface area contributed by atoms with Gasteiger partial charge < -0.3 is 14.8 Å². The standard InChI is InChI=1S/C20H22N2O4/c1-12-5-6-14(9-13(12)2)22-19(23)11-17(20(22)24)21-16-8-7-15(25-3)10-18(16)26-4/h5-10,17,21H,11H2,1-4H3/t17-/m1/s1. The fourth-order valence-corrected chi connectivity index (χ4v) is 2.99. The summed E-state index contributed by atoms with van der Waals surface area (Å²) in [6.45, 7) is 3.95. The third kappa shape index (κ3) is 3.22. The molecule has 2 amide bonds. The van der Waals surface area contributed by atoms with E-state index >= 15 is 0 Å². The van der Waals surface area contributed by atoms with E-state index in [4.69, 9.17) is 9.47 Å². The molecule has 3 rings (SSSR count). The van der Waals surface area contributed by atoms with Crippen LogP contribution in [-0.2, 0) is 9.59 Å². The highest BCUT2D eigenvalue weighted by Gasteiger charge is 2.40. The number of anilines is 2. The Labute approximate surface area is 152 Å². The van der Waals surface area contributed by atoms with Crippen molar-refractivity contribution in [1.29, 1.82) is 0 Å². The van der Waals surface area contributed by atoms with Crippen LogP contribution in [0.1, 0.15) is 17.5 Å². The van der Waals surface area contributed by atoms with Gasteiger partial charge in [-0.2, -0.15) is 0 Å². The number of methoxy groups -OCH3 is 2. The molecule has 1 heterocycles. The lowest BCUT2D eigenvalue weighted by molar-refractivity contribution is -0.121. The first-order chi connectivity index (χ1) is 12.4. The van der Waals surface area contributed by atoms with Crippen molar-refractivity contribution in [2.24, 2.45) is 0 Å². The highest BCUT2D eigenvalue weighted by atomic mass is 16.5. The third-order valence-corrected chi connectivity index (χ3v) is 4.63. The summed E-state index contributed by atoms with van der Waals surface area (Å²) in [6.07, 6.45) is 0.0982. The predicted molar refractivity (Wildman–Crippen MR) is 100.0 cm³/mol. The minimum absolute atomic E-state index is 0.0982. The summed E-state index contributed by atoms with van der Waals surface area (Å²) in [7, 11) is 3.12. The zero-order valence-electron chi connectivity index (χ0n) is 15.3. The lowest BCUT2D eigenvalue weighted by Gasteiger charge is -2.18. The summed E-state index contributed by atoms with van der Waals surface area (Å²) < 4.78 is 10.5. The first-order valence-electron chi connectivity index (χ1n) is 8.37. The number of aryl methyl sites for hydroxylation is 2. The number of nitrogens with zero attached hydrogens (tertiary/aromatic N) is 1. The van der Waals surface area contributed by atoms with Crippen molar-refractivity contribution in [3.05, 3.63) is 47.5 Å². The van der Waals surface area contributed by atoms with Crippen LogP contribution >= 0.6 is 0 Å². The van der Waals surface area contributed by atoms with Gasteiger partial charge in [0.05, 0.1) is 32.0 Å². The highest BCUT2D eigenvalue weighted by Crippen LogP contribution is 2.32. The number of benzene rings is 2. The Hall–Kier alpha value is -3.02. The molecule has 1 N–H and O–H groups in total.